The summed E-state index contributed by atoms with van der Waals surface area (Å²) >= 11 is 25.3. The van der Waals surface area contributed by atoms with E-state index in [1.54, 1.807) is 76.2 Å². The van der Waals surface area contributed by atoms with Gasteiger partial charge in [-0.05, 0) is 124 Å². The first kappa shape index (κ1) is 48.7. The molecule has 18 heteroatoms. The molecule has 0 aromatic heterocycles. The first-order valence-corrected chi connectivity index (χ1v) is 21.2. The summed E-state index contributed by atoms with van der Waals surface area (Å²) in [6.45, 7) is 9.29. The van der Waals surface area contributed by atoms with Crippen molar-refractivity contribution in [2.75, 3.05) is 21.3 Å². The smallest absolute Gasteiger partial charge is 0.258 e. The van der Waals surface area contributed by atoms with Gasteiger partial charge in [0.2, 0.25) is 12.1 Å². The van der Waals surface area contributed by atoms with Crippen LogP contribution in [0.15, 0.2) is 118 Å². The molecule has 0 spiro atoms. The fourth-order valence-corrected chi connectivity index (χ4v) is 6.96. The first-order valence-electron chi connectivity index (χ1n) is 19.6. The number of benzene rings is 5. The van der Waals surface area contributed by atoms with Crippen LogP contribution in [-0.4, -0.2) is 47.3 Å². The molecule has 4 unspecified atom stereocenters. The third-order valence-corrected chi connectivity index (χ3v) is 10.9. The van der Waals surface area contributed by atoms with Crippen molar-refractivity contribution in [3.8, 4) is 0 Å². The Morgan fingerprint density at radius 2 is 0.859 bits per heavy atom. The number of nitrogens with zero attached hydrogens (tertiary/aromatic N) is 4. The molecule has 5 aromatic rings. The van der Waals surface area contributed by atoms with Crippen LogP contribution in [-0.2, 0) is 19.2 Å². The van der Waals surface area contributed by atoms with Gasteiger partial charge in [-0.3, -0.25) is 28.8 Å². The molecule has 4 amide bonds. The molecular formula is C46H42Cl4N8O6. The SMILES string of the molecule is CC(=O)C(N=Nc1ccc(Cl)c(C(=O)Nc2ccccc2C(C)Cl)c1)C(=O)Nc1ccc(NC(=O)C(N=Nc2ccc(Cl)c(C(=O)Nc3ccccc3C(C)Cl)c2)C(C)=O)c(C)c1C. The van der Waals surface area contributed by atoms with Crippen LogP contribution in [0, 0.1) is 13.8 Å². The minimum Gasteiger partial charge on any atom is -0.324 e. The Balaban J connectivity index is 1.26. The standard InChI is InChI=1S/C46H42Cl4N8O6/c1-23-24(2)38(52-46(64)42(28(6)60)58-56-30-16-18-36(50)34(22-30)44(62)54-40-14-10-8-12-32(40)26(4)48)20-19-37(23)51-45(63)41(27(5)59)57-55-29-15-17-35(49)33(21-29)43(61)53-39-13-9-7-11-31(39)25(3)47/h7-22,25-26,41-42H,1-6H3,(H,51,63)(H,52,64)(H,53,61)(H,54,62). The number of rotatable bonds is 16. The van der Waals surface area contributed by atoms with E-state index < -0.39 is 47.3 Å². The number of carbonyl (C=O) groups is 6. The zero-order chi connectivity index (χ0) is 46.8. The number of azo groups is 2. The van der Waals surface area contributed by atoms with Crippen LogP contribution in [0.4, 0.5) is 34.1 Å². The molecule has 4 N–H and O–H groups in total. The highest BCUT2D eigenvalue weighted by atomic mass is 35.5. The van der Waals surface area contributed by atoms with Crippen molar-refractivity contribution in [3.05, 3.63) is 140 Å². The molecule has 0 saturated heterocycles. The van der Waals surface area contributed by atoms with E-state index in [0.29, 0.717) is 45.0 Å². The Labute approximate surface area is 389 Å². The van der Waals surface area contributed by atoms with E-state index in [2.05, 4.69) is 41.7 Å². The summed E-state index contributed by atoms with van der Waals surface area (Å²) < 4.78 is 0. The third kappa shape index (κ3) is 12.2. The van der Waals surface area contributed by atoms with E-state index in [4.69, 9.17) is 46.4 Å². The number of carbonyl (C=O) groups excluding carboxylic acids is 6. The fourth-order valence-electron chi connectivity index (χ4n) is 6.17. The predicted molar refractivity (Wildman–Crippen MR) is 251 cm³/mol. The minimum absolute atomic E-state index is 0.0764. The van der Waals surface area contributed by atoms with Gasteiger partial charge in [0, 0.05) is 22.7 Å². The molecule has 14 nitrogen and oxygen atoms in total. The number of nitrogens with one attached hydrogen (secondary N) is 4. The van der Waals surface area contributed by atoms with Crippen LogP contribution < -0.4 is 21.3 Å². The van der Waals surface area contributed by atoms with Crippen LogP contribution in [0.5, 0.6) is 0 Å². The quantitative estimate of drug-likeness (QED) is 0.0431. The summed E-state index contributed by atoms with van der Waals surface area (Å²) in [4.78, 5) is 78.6. The van der Waals surface area contributed by atoms with Crippen molar-refractivity contribution < 1.29 is 28.8 Å². The average molecular weight is 945 g/mol. The van der Waals surface area contributed by atoms with Gasteiger partial charge in [-0.25, -0.2) is 0 Å². The Morgan fingerprint density at radius 1 is 0.500 bits per heavy atom. The van der Waals surface area contributed by atoms with Gasteiger partial charge < -0.3 is 21.3 Å². The second-order valence-electron chi connectivity index (χ2n) is 14.5. The summed E-state index contributed by atoms with van der Waals surface area (Å²) in [7, 11) is 0. The van der Waals surface area contributed by atoms with Gasteiger partial charge in [0.15, 0.2) is 11.6 Å². The van der Waals surface area contributed by atoms with E-state index in [1.807, 2.05) is 0 Å². The predicted octanol–water partition coefficient (Wildman–Crippen LogP) is 12.1. The molecule has 330 valence electrons. The van der Waals surface area contributed by atoms with Crippen molar-refractivity contribution in [2.45, 2.75) is 64.4 Å². The van der Waals surface area contributed by atoms with Gasteiger partial charge in [-0.15, -0.1) is 23.2 Å². The lowest BCUT2D eigenvalue weighted by Crippen LogP contribution is -2.33. The number of amides is 4. The molecule has 5 aromatic carbocycles. The number of halogens is 4. The molecule has 5 rings (SSSR count). The lowest BCUT2D eigenvalue weighted by Gasteiger charge is -2.17. The maximum Gasteiger partial charge on any atom is 0.258 e. The first-order chi connectivity index (χ1) is 30.4. The van der Waals surface area contributed by atoms with Crippen molar-refractivity contribution in [1.82, 2.24) is 0 Å². The van der Waals surface area contributed by atoms with Gasteiger partial charge in [-0.1, -0.05) is 59.6 Å². The number of anilines is 4. The molecule has 0 radical (unpaired) electrons. The van der Waals surface area contributed by atoms with E-state index in [9.17, 15) is 28.8 Å². The number of hydrogen-bond acceptors (Lipinski definition) is 10. The summed E-state index contributed by atoms with van der Waals surface area (Å²) in [6.07, 6.45) is 0. The second kappa shape index (κ2) is 21.8. The van der Waals surface area contributed by atoms with E-state index >= 15 is 0 Å². The molecule has 4 atom stereocenters. The van der Waals surface area contributed by atoms with Gasteiger partial charge in [0.05, 0.1) is 43.3 Å². The number of hydrogen-bond donors (Lipinski definition) is 4. The zero-order valence-corrected chi connectivity index (χ0v) is 38.3. The topological polar surface area (TPSA) is 200 Å². The lowest BCUT2D eigenvalue weighted by molar-refractivity contribution is -0.127. The highest BCUT2D eigenvalue weighted by Gasteiger charge is 2.27. The van der Waals surface area contributed by atoms with Gasteiger partial charge in [-0.2, -0.15) is 20.5 Å². The molecule has 64 heavy (non-hydrogen) atoms. The Bertz CT molecular complexity index is 2520. The Kier molecular flexibility index (Phi) is 16.6. The number of para-hydroxylation sites is 2. The van der Waals surface area contributed by atoms with Crippen LogP contribution in [0.1, 0.15) is 81.4 Å². The Morgan fingerprint density at radius 3 is 1.20 bits per heavy atom. The summed E-state index contributed by atoms with van der Waals surface area (Å²) in [5, 5.41) is 26.7. The highest BCUT2D eigenvalue weighted by molar-refractivity contribution is 6.35. The van der Waals surface area contributed by atoms with Crippen molar-refractivity contribution in [3.63, 3.8) is 0 Å². The molecule has 0 aliphatic rings. The lowest BCUT2D eigenvalue weighted by atomic mass is 10.0. The van der Waals surface area contributed by atoms with Crippen molar-refractivity contribution >= 4 is 116 Å². The molecule has 0 bridgehead atoms. The minimum atomic E-state index is -1.56. The van der Waals surface area contributed by atoms with E-state index in [-0.39, 0.29) is 43.3 Å². The van der Waals surface area contributed by atoms with E-state index in [1.165, 1.54) is 62.4 Å². The summed E-state index contributed by atoms with van der Waals surface area (Å²) in [5.74, 6) is -3.86. The molecule has 0 saturated carbocycles. The highest BCUT2D eigenvalue weighted by Crippen LogP contribution is 2.32. The average Bonchev–Trinajstić information content (AvgIpc) is 3.24. The molecule has 0 fully saturated rings. The van der Waals surface area contributed by atoms with Crippen molar-refractivity contribution in [1.29, 1.82) is 0 Å². The van der Waals surface area contributed by atoms with Crippen LogP contribution in [0.2, 0.25) is 10.0 Å². The van der Waals surface area contributed by atoms with Gasteiger partial charge >= 0.3 is 0 Å². The largest absolute Gasteiger partial charge is 0.324 e. The maximum atomic E-state index is 13.4. The van der Waals surface area contributed by atoms with E-state index in [0.717, 1.165) is 0 Å². The fraction of sp³-hybridized carbons (Fsp3) is 0.217. The van der Waals surface area contributed by atoms with Crippen LogP contribution in [0.3, 0.4) is 0 Å². The monoisotopic (exact) mass is 942 g/mol. The zero-order valence-electron chi connectivity index (χ0n) is 35.3. The molecule has 0 aliphatic heterocycles. The van der Waals surface area contributed by atoms with Crippen molar-refractivity contribution in [2.24, 2.45) is 20.5 Å². The Hall–Kier alpha value is -6.32. The van der Waals surface area contributed by atoms with Crippen LogP contribution in [0.25, 0.3) is 0 Å². The molecular weight excluding hydrogens is 902 g/mol. The maximum absolute atomic E-state index is 13.4. The number of alkyl halides is 2. The van der Waals surface area contributed by atoms with Gasteiger partial charge in [0.25, 0.3) is 23.6 Å². The normalized spacial score (nSPS) is 13.2. The second-order valence-corrected chi connectivity index (χ2v) is 16.6. The summed E-state index contributed by atoms with van der Waals surface area (Å²) in [6, 6.07) is 22.6. The van der Waals surface area contributed by atoms with Gasteiger partial charge in [0.1, 0.15) is 0 Å². The molecule has 0 heterocycles. The third-order valence-electron chi connectivity index (χ3n) is 9.81. The summed E-state index contributed by atoms with van der Waals surface area (Å²) in [5.41, 5.74) is 4.57. The molecule has 0 aliphatic carbocycles. The number of ketones is 2. The number of Topliss-reactive ketones (excluding diaryl/α,β-unsaturated/α-hetero) is 2. The van der Waals surface area contributed by atoms with Crippen LogP contribution >= 0.6 is 46.4 Å².